The van der Waals surface area contributed by atoms with Crippen LogP contribution in [-0.4, -0.2) is 55.5 Å². The van der Waals surface area contributed by atoms with Crippen molar-refractivity contribution in [2.45, 2.75) is 13.8 Å². The van der Waals surface area contributed by atoms with Gasteiger partial charge in [-0.2, -0.15) is 0 Å². The number of rotatable bonds is 6. The van der Waals surface area contributed by atoms with Crippen LogP contribution < -0.4 is 16.5 Å². The third kappa shape index (κ3) is 4.38. The number of nitrogens with zero attached hydrogens (tertiary/aromatic N) is 3. The molecule has 0 fully saturated rings. The number of hydrogen-bond donors (Lipinski definition) is 2. The van der Waals surface area contributed by atoms with Gasteiger partial charge in [0.05, 0.1) is 21.9 Å². The zero-order chi connectivity index (χ0) is 21.8. The molecule has 30 heavy (non-hydrogen) atoms. The van der Waals surface area contributed by atoms with E-state index in [0.29, 0.717) is 16.5 Å². The Kier molecular flexibility index (Phi) is 6.86. The summed E-state index contributed by atoms with van der Waals surface area (Å²) in [5.41, 5.74) is 9.87. The second kappa shape index (κ2) is 9.38. The molecule has 2 heterocycles. The number of pyridine rings is 1. The monoisotopic (exact) mass is 428 g/mol. The van der Waals surface area contributed by atoms with E-state index in [2.05, 4.69) is 29.0 Å². The predicted octanol–water partition coefficient (Wildman–Crippen LogP) is 2.27. The SMILES string of the molecule is CCN(CC)CCNc1ccc2ncn3c4ccc(N)cc4c(=O)c1c23.CS(=O)[O-]. The Morgan fingerprint density at radius 1 is 1.23 bits per heavy atom. The lowest BCUT2D eigenvalue weighted by Gasteiger charge is -2.19. The van der Waals surface area contributed by atoms with Crippen molar-refractivity contribution in [1.29, 1.82) is 0 Å². The molecule has 1 unspecified atom stereocenters. The number of aromatic nitrogens is 2. The van der Waals surface area contributed by atoms with E-state index in [1.807, 2.05) is 28.7 Å². The van der Waals surface area contributed by atoms with Crippen molar-refractivity contribution >= 4 is 49.8 Å². The van der Waals surface area contributed by atoms with E-state index in [9.17, 15) is 4.79 Å². The lowest BCUT2D eigenvalue weighted by atomic mass is 10.1. The van der Waals surface area contributed by atoms with Crippen LogP contribution in [0.3, 0.4) is 0 Å². The van der Waals surface area contributed by atoms with Crippen LogP contribution >= 0.6 is 0 Å². The Bertz CT molecular complexity index is 1230. The van der Waals surface area contributed by atoms with E-state index >= 15 is 0 Å². The fourth-order valence-electron chi connectivity index (χ4n) is 3.63. The zero-order valence-corrected chi connectivity index (χ0v) is 18.2. The highest BCUT2D eigenvalue weighted by Crippen LogP contribution is 2.28. The van der Waals surface area contributed by atoms with Crippen molar-refractivity contribution in [3.8, 4) is 0 Å². The number of fused-ring (bicyclic) bond motifs is 2. The topological polar surface area (TPSA) is 116 Å². The minimum atomic E-state index is -1.86. The molecule has 8 nitrogen and oxygen atoms in total. The van der Waals surface area contributed by atoms with E-state index in [1.165, 1.54) is 0 Å². The number of nitrogen functional groups attached to an aromatic ring is 1. The fourth-order valence-corrected chi connectivity index (χ4v) is 3.63. The number of imidazole rings is 1. The van der Waals surface area contributed by atoms with Gasteiger partial charge in [0.25, 0.3) is 0 Å². The lowest BCUT2D eigenvalue weighted by molar-refractivity contribution is 0.316. The molecule has 0 saturated heterocycles. The molecule has 3 N–H and O–H groups in total. The number of likely N-dealkylation sites (N-methyl/N-ethyl adjacent to an activating group) is 1. The van der Waals surface area contributed by atoms with Crippen LogP contribution in [0.1, 0.15) is 13.8 Å². The molecule has 0 saturated carbocycles. The van der Waals surface area contributed by atoms with Crippen molar-refractivity contribution in [1.82, 2.24) is 14.3 Å². The molecule has 2 aromatic heterocycles. The van der Waals surface area contributed by atoms with Gasteiger partial charge in [-0.15, -0.1) is 0 Å². The average molecular weight is 429 g/mol. The Labute approximate surface area is 177 Å². The molecule has 0 radical (unpaired) electrons. The summed E-state index contributed by atoms with van der Waals surface area (Å²) in [4.78, 5) is 20.0. The molecule has 0 amide bonds. The molecule has 160 valence electrons. The van der Waals surface area contributed by atoms with Gasteiger partial charge in [0.15, 0.2) is 5.43 Å². The Balaban J connectivity index is 0.000000589. The Morgan fingerprint density at radius 3 is 2.60 bits per heavy atom. The van der Waals surface area contributed by atoms with Gasteiger partial charge >= 0.3 is 0 Å². The molecule has 9 heteroatoms. The van der Waals surface area contributed by atoms with Gasteiger partial charge in [0.2, 0.25) is 0 Å². The molecule has 0 aliphatic rings. The number of hydrogen-bond acceptors (Lipinski definition) is 7. The van der Waals surface area contributed by atoms with Gasteiger partial charge < -0.3 is 20.5 Å². The van der Waals surface area contributed by atoms with Crippen molar-refractivity contribution in [3.63, 3.8) is 0 Å². The van der Waals surface area contributed by atoms with E-state index in [4.69, 9.17) is 14.5 Å². The van der Waals surface area contributed by atoms with Gasteiger partial charge in [-0.3, -0.25) is 13.4 Å². The standard InChI is InChI=1S/C20H23N5O.CH4O2S/c1-3-24(4-2)10-9-22-15-6-7-16-19-18(15)20(26)14-11-13(21)5-8-17(14)25(19)12-23-16;1-4(2)3/h5-8,11-12,22H,3-4,9-10,21H2,1-2H3;1H3,(H,2,3)/p-1. The molecule has 0 bridgehead atoms. The van der Waals surface area contributed by atoms with Gasteiger partial charge in [0, 0.05) is 29.9 Å². The maximum atomic E-state index is 13.2. The summed E-state index contributed by atoms with van der Waals surface area (Å²) < 4.78 is 20.0. The minimum absolute atomic E-state index is 0.00348. The number of anilines is 2. The number of nitrogens with two attached hydrogens (primary N) is 1. The molecule has 1 atom stereocenters. The largest absolute Gasteiger partial charge is 0.773 e. The quantitative estimate of drug-likeness (QED) is 0.275. The van der Waals surface area contributed by atoms with E-state index in [0.717, 1.165) is 54.7 Å². The van der Waals surface area contributed by atoms with Gasteiger partial charge in [-0.1, -0.05) is 24.9 Å². The first kappa shape index (κ1) is 21.9. The Morgan fingerprint density at radius 2 is 1.93 bits per heavy atom. The third-order valence-corrected chi connectivity index (χ3v) is 5.10. The minimum Gasteiger partial charge on any atom is -0.773 e. The second-order valence-corrected chi connectivity index (χ2v) is 7.73. The van der Waals surface area contributed by atoms with Crippen molar-refractivity contribution in [2.75, 3.05) is 43.5 Å². The lowest BCUT2D eigenvalue weighted by Crippen LogP contribution is -2.28. The molecule has 0 aliphatic carbocycles. The third-order valence-electron chi connectivity index (χ3n) is 5.10. The summed E-state index contributed by atoms with van der Waals surface area (Å²) in [6.07, 6.45) is 2.86. The summed E-state index contributed by atoms with van der Waals surface area (Å²) in [6, 6.07) is 9.36. The summed E-state index contributed by atoms with van der Waals surface area (Å²) >= 11 is -1.86. The number of nitrogens with one attached hydrogen (secondary N) is 1. The van der Waals surface area contributed by atoms with Crippen LogP contribution in [0.2, 0.25) is 0 Å². The van der Waals surface area contributed by atoms with E-state index in [1.54, 1.807) is 12.4 Å². The highest BCUT2D eigenvalue weighted by Gasteiger charge is 2.16. The van der Waals surface area contributed by atoms with Crippen LogP contribution in [0.15, 0.2) is 41.5 Å². The van der Waals surface area contributed by atoms with Gasteiger partial charge in [-0.25, -0.2) is 4.98 Å². The van der Waals surface area contributed by atoms with Crippen LogP contribution in [0.25, 0.3) is 27.3 Å². The van der Waals surface area contributed by atoms with Gasteiger partial charge in [0.1, 0.15) is 6.33 Å². The normalized spacial score (nSPS) is 12.4. The first-order valence-electron chi connectivity index (χ1n) is 9.79. The Hall–Kier alpha value is -2.75. The number of benzene rings is 2. The highest BCUT2D eigenvalue weighted by molar-refractivity contribution is 7.78. The molecule has 4 aromatic rings. The zero-order valence-electron chi connectivity index (χ0n) is 17.3. The first-order chi connectivity index (χ1) is 14.4. The van der Waals surface area contributed by atoms with Gasteiger partial charge in [-0.05, 0) is 49.7 Å². The van der Waals surface area contributed by atoms with Crippen molar-refractivity contribution in [2.24, 2.45) is 0 Å². The fraction of sp³-hybridized carbons (Fsp3) is 0.333. The van der Waals surface area contributed by atoms with Crippen LogP contribution in [0, 0.1) is 0 Å². The predicted molar refractivity (Wildman–Crippen MR) is 123 cm³/mol. The maximum Gasteiger partial charge on any atom is 0.199 e. The summed E-state index contributed by atoms with van der Waals surface area (Å²) in [6.45, 7) is 8.06. The smallest absolute Gasteiger partial charge is 0.199 e. The summed E-state index contributed by atoms with van der Waals surface area (Å²) in [7, 11) is 0. The summed E-state index contributed by atoms with van der Waals surface area (Å²) in [5.74, 6) is 0. The molecule has 2 aromatic carbocycles. The molecular weight excluding hydrogens is 402 g/mol. The van der Waals surface area contributed by atoms with Crippen molar-refractivity contribution in [3.05, 3.63) is 46.9 Å². The average Bonchev–Trinajstić information content (AvgIpc) is 3.14. The molecule has 0 aliphatic heterocycles. The first-order valence-corrected chi connectivity index (χ1v) is 11.3. The van der Waals surface area contributed by atoms with Crippen LogP contribution in [0.4, 0.5) is 11.4 Å². The molecule has 0 spiro atoms. The van der Waals surface area contributed by atoms with Crippen LogP contribution in [-0.2, 0) is 11.1 Å². The molecular formula is C21H26N5O3S-. The summed E-state index contributed by atoms with van der Waals surface area (Å²) in [5, 5.41) is 4.75. The highest BCUT2D eigenvalue weighted by atomic mass is 32.2. The van der Waals surface area contributed by atoms with Crippen LogP contribution in [0.5, 0.6) is 0 Å². The van der Waals surface area contributed by atoms with Crippen molar-refractivity contribution < 1.29 is 8.76 Å². The second-order valence-electron chi connectivity index (χ2n) is 6.93. The van der Waals surface area contributed by atoms with E-state index in [-0.39, 0.29) is 5.43 Å². The molecule has 4 rings (SSSR count). The maximum absolute atomic E-state index is 13.2. The van der Waals surface area contributed by atoms with E-state index < -0.39 is 11.1 Å².